The predicted octanol–water partition coefficient (Wildman–Crippen LogP) is 3.26. The lowest BCUT2D eigenvalue weighted by molar-refractivity contribution is 0.0929. The van der Waals surface area contributed by atoms with Crippen LogP contribution in [0.4, 0.5) is 0 Å². The highest BCUT2D eigenvalue weighted by Crippen LogP contribution is 2.20. The van der Waals surface area contributed by atoms with E-state index in [9.17, 15) is 0 Å². The van der Waals surface area contributed by atoms with Gasteiger partial charge in [0.2, 0.25) is 0 Å². The van der Waals surface area contributed by atoms with E-state index in [1.165, 1.54) is 18.4 Å². The summed E-state index contributed by atoms with van der Waals surface area (Å²) < 4.78 is 16.3. The molecule has 1 fully saturated rings. The summed E-state index contributed by atoms with van der Waals surface area (Å²) in [5.74, 6) is 1.73. The van der Waals surface area contributed by atoms with Crippen molar-refractivity contribution in [2.75, 3.05) is 7.11 Å². The molecule has 4 heteroatoms. The Kier molecular flexibility index (Phi) is 4.58. The first-order chi connectivity index (χ1) is 10.3. The SMILES string of the molecule is COc1ccc(COCc2cc(CNC3CC3)co2)cc1. The van der Waals surface area contributed by atoms with E-state index in [4.69, 9.17) is 13.9 Å². The van der Waals surface area contributed by atoms with Crippen LogP contribution in [0.25, 0.3) is 0 Å². The maximum atomic E-state index is 5.68. The van der Waals surface area contributed by atoms with E-state index in [2.05, 4.69) is 11.4 Å². The molecule has 112 valence electrons. The molecule has 2 aromatic rings. The van der Waals surface area contributed by atoms with Gasteiger partial charge in [-0.15, -0.1) is 0 Å². The van der Waals surface area contributed by atoms with Crippen LogP contribution in [0.1, 0.15) is 29.7 Å². The van der Waals surface area contributed by atoms with Gasteiger partial charge in [-0.25, -0.2) is 0 Å². The second kappa shape index (κ2) is 6.78. The van der Waals surface area contributed by atoms with Crippen LogP contribution in [0.15, 0.2) is 41.0 Å². The lowest BCUT2D eigenvalue weighted by Gasteiger charge is -2.04. The first-order valence-electron chi connectivity index (χ1n) is 7.34. The Morgan fingerprint density at radius 1 is 1.14 bits per heavy atom. The highest BCUT2D eigenvalue weighted by molar-refractivity contribution is 5.26. The molecular formula is C17H21NO3. The summed E-state index contributed by atoms with van der Waals surface area (Å²) in [7, 11) is 1.66. The molecule has 0 spiro atoms. The molecule has 0 atom stereocenters. The monoisotopic (exact) mass is 287 g/mol. The zero-order valence-electron chi connectivity index (χ0n) is 12.3. The molecule has 4 nitrogen and oxygen atoms in total. The first-order valence-corrected chi connectivity index (χ1v) is 7.34. The average Bonchev–Trinajstić information content (AvgIpc) is 3.25. The smallest absolute Gasteiger partial charge is 0.129 e. The van der Waals surface area contributed by atoms with E-state index in [0.29, 0.717) is 13.2 Å². The van der Waals surface area contributed by atoms with Crippen molar-refractivity contribution >= 4 is 0 Å². The molecule has 1 heterocycles. The normalized spacial score (nSPS) is 14.3. The Hall–Kier alpha value is -1.78. The van der Waals surface area contributed by atoms with Gasteiger partial charge < -0.3 is 19.2 Å². The topological polar surface area (TPSA) is 43.6 Å². The Balaban J connectivity index is 1.41. The van der Waals surface area contributed by atoms with Crippen molar-refractivity contribution in [1.29, 1.82) is 0 Å². The van der Waals surface area contributed by atoms with E-state index in [1.54, 1.807) is 13.4 Å². The summed E-state index contributed by atoms with van der Waals surface area (Å²) >= 11 is 0. The molecule has 1 aliphatic rings. The van der Waals surface area contributed by atoms with Gasteiger partial charge >= 0.3 is 0 Å². The molecule has 0 saturated heterocycles. The molecule has 21 heavy (non-hydrogen) atoms. The lowest BCUT2D eigenvalue weighted by Crippen LogP contribution is -2.14. The zero-order valence-corrected chi connectivity index (χ0v) is 12.3. The van der Waals surface area contributed by atoms with Gasteiger partial charge in [0.15, 0.2) is 0 Å². The molecule has 1 N–H and O–H groups in total. The second-order valence-electron chi connectivity index (χ2n) is 5.42. The van der Waals surface area contributed by atoms with E-state index >= 15 is 0 Å². The van der Waals surface area contributed by atoms with Crippen LogP contribution in [-0.4, -0.2) is 13.2 Å². The standard InChI is InChI=1S/C17H21NO3/c1-19-16-6-2-13(3-7-16)10-20-12-17-8-14(11-21-17)9-18-15-4-5-15/h2-3,6-8,11,15,18H,4-5,9-10,12H2,1H3. The molecule has 3 rings (SSSR count). The van der Waals surface area contributed by atoms with Crippen molar-refractivity contribution in [1.82, 2.24) is 5.32 Å². The van der Waals surface area contributed by atoms with Crippen LogP contribution in [0.5, 0.6) is 5.75 Å². The van der Waals surface area contributed by atoms with Gasteiger partial charge in [0, 0.05) is 18.2 Å². The van der Waals surface area contributed by atoms with Crippen LogP contribution < -0.4 is 10.1 Å². The molecule has 1 saturated carbocycles. The third-order valence-corrected chi connectivity index (χ3v) is 3.55. The van der Waals surface area contributed by atoms with Gasteiger partial charge in [-0.3, -0.25) is 0 Å². The van der Waals surface area contributed by atoms with Crippen LogP contribution >= 0.6 is 0 Å². The minimum atomic E-state index is 0.495. The Morgan fingerprint density at radius 2 is 1.95 bits per heavy atom. The second-order valence-corrected chi connectivity index (χ2v) is 5.42. The van der Waals surface area contributed by atoms with Crippen LogP contribution in [0.3, 0.4) is 0 Å². The predicted molar refractivity (Wildman–Crippen MR) is 80.1 cm³/mol. The van der Waals surface area contributed by atoms with E-state index < -0.39 is 0 Å². The summed E-state index contributed by atoms with van der Waals surface area (Å²) in [6, 6.07) is 10.7. The van der Waals surface area contributed by atoms with Gasteiger partial charge in [-0.2, -0.15) is 0 Å². The van der Waals surface area contributed by atoms with Crippen molar-refractivity contribution in [3.05, 3.63) is 53.5 Å². The minimum absolute atomic E-state index is 0.495. The number of nitrogens with one attached hydrogen (secondary N) is 1. The van der Waals surface area contributed by atoms with Crippen LogP contribution in [0, 0.1) is 0 Å². The van der Waals surface area contributed by atoms with E-state index in [-0.39, 0.29) is 0 Å². The summed E-state index contributed by atoms with van der Waals surface area (Å²) in [5.41, 5.74) is 2.31. The first kappa shape index (κ1) is 14.2. The van der Waals surface area contributed by atoms with Gasteiger partial charge in [0.05, 0.1) is 20.0 Å². The number of rotatable bonds is 8. The van der Waals surface area contributed by atoms with Crippen molar-refractivity contribution in [3.8, 4) is 5.75 Å². The fraction of sp³-hybridized carbons (Fsp3) is 0.412. The highest BCUT2D eigenvalue weighted by atomic mass is 16.5. The number of hydrogen-bond donors (Lipinski definition) is 1. The molecule has 0 amide bonds. The average molecular weight is 287 g/mol. The lowest BCUT2D eigenvalue weighted by atomic mass is 10.2. The summed E-state index contributed by atoms with van der Waals surface area (Å²) in [5, 5.41) is 3.47. The molecule has 0 unspecified atom stereocenters. The summed E-state index contributed by atoms with van der Waals surface area (Å²) in [6.07, 6.45) is 4.41. The maximum Gasteiger partial charge on any atom is 0.129 e. The third kappa shape index (κ3) is 4.34. The molecule has 1 aromatic heterocycles. The highest BCUT2D eigenvalue weighted by Gasteiger charge is 2.20. The number of furan rings is 1. The largest absolute Gasteiger partial charge is 0.497 e. The molecule has 0 radical (unpaired) electrons. The summed E-state index contributed by atoms with van der Waals surface area (Å²) in [4.78, 5) is 0. The number of hydrogen-bond acceptors (Lipinski definition) is 4. The maximum absolute atomic E-state index is 5.68. The fourth-order valence-corrected chi connectivity index (χ4v) is 2.14. The van der Waals surface area contributed by atoms with Crippen molar-refractivity contribution in [2.24, 2.45) is 0 Å². The van der Waals surface area contributed by atoms with Crippen molar-refractivity contribution < 1.29 is 13.9 Å². The quantitative estimate of drug-likeness (QED) is 0.809. The van der Waals surface area contributed by atoms with E-state index in [0.717, 1.165) is 29.7 Å². The number of methoxy groups -OCH3 is 1. The fourth-order valence-electron chi connectivity index (χ4n) is 2.14. The van der Waals surface area contributed by atoms with Crippen LogP contribution in [0.2, 0.25) is 0 Å². The number of ether oxygens (including phenoxy) is 2. The molecular weight excluding hydrogens is 266 g/mol. The van der Waals surface area contributed by atoms with Crippen molar-refractivity contribution in [3.63, 3.8) is 0 Å². The molecule has 0 bridgehead atoms. The molecule has 0 aliphatic heterocycles. The molecule has 1 aromatic carbocycles. The summed E-state index contributed by atoms with van der Waals surface area (Å²) in [6.45, 7) is 1.95. The van der Waals surface area contributed by atoms with Gasteiger partial charge in [0.1, 0.15) is 18.1 Å². The zero-order chi connectivity index (χ0) is 14.5. The van der Waals surface area contributed by atoms with Gasteiger partial charge in [-0.1, -0.05) is 12.1 Å². The van der Waals surface area contributed by atoms with Crippen molar-refractivity contribution in [2.45, 2.75) is 38.6 Å². The van der Waals surface area contributed by atoms with Crippen LogP contribution in [-0.2, 0) is 24.5 Å². The van der Waals surface area contributed by atoms with Gasteiger partial charge in [0.25, 0.3) is 0 Å². The Bertz CT molecular complexity index is 558. The third-order valence-electron chi connectivity index (χ3n) is 3.55. The Morgan fingerprint density at radius 3 is 2.67 bits per heavy atom. The van der Waals surface area contributed by atoms with Gasteiger partial charge in [-0.05, 0) is 36.6 Å². The number of benzene rings is 1. The van der Waals surface area contributed by atoms with E-state index in [1.807, 2.05) is 24.3 Å². The Labute approximate surface area is 125 Å². The molecule has 1 aliphatic carbocycles. The minimum Gasteiger partial charge on any atom is -0.497 e.